The fourth-order valence-corrected chi connectivity index (χ4v) is 2.95. The average molecular weight is 471 g/mol. The van der Waals surface area contributed by atoms with Gasteiger partial charge in [-0.15, -0.1) is 22.0 Å². The van der Waals surface area contributed by atoms with Crippen LogP contribution in [0.4, 0.5) is 30.7 Å². The van der Waals surface area contributed by atoms with Crippen LogP contribution in [0.1, 0.15) is 6.92 Å². The third-order valence-electron chi connectivity index (χ3n) is 3.69. The van der Waals surface area contributed by atoms with Crippen LogP contribution in [0.25, 0.3) is 11.6 Å². The Kier molecular flexibility index (Phi) is 6.11. The second kappa shape index (κ2) is 8.32. The quantitative estimate of drug-likeness (QED) is 0.367. The molecule has 3 rings (SSSR count). The van der Waals surface area contributed by atoms with Gasteiger partial charge in [-0.25, -0.2) is 14.3 Å². The molecule has 0 spiro atoms. The van der Waals surface area contributed by atoms with Gasteiger partial charge in [0.15, 0.2) is 24.0 Å². The molecule has 0 N–H and O–H groups in total. The summed E-state index contributed by atoms with van der Waals surface area (Å²) >= 11 is 1.33. The van der Waals surface area contributed by atoms with E-state index in [-0.39, 0.29) is 5.82 Å². The lowest BCUT2D eigenvalue weighted by molar-refractivity contribution is -0.358. The van der Waals surface area contributed by atoms with Crippen molar-refractivity contribution in [2.75, 3.05) is 12.4 Å². The number of nitrogens with zero attached hydrogens (tertiary/aromatic N) is 7. The van der Waals surface area contributed by atoms with E-state index in [0.717, 1.165) is 17.1 Å². The zero-order valence-corrected chi connectivity index (χ0v) is 16.2. The molecule has 168 valence electrons. The van der Waals surface area contributed by atoms with Crippen LogP contribution < -0.4 is 4.74 Å². The fourth-order valence-electron chi connectivity index (χ4n) is 2.19. The van der Waals surface area contributed by atoms with Crippen LogP contribution in [-0.4, -0.2) is 65.1 Å². The number of rotatable bonds is 8. The highest BCUT2D eigenvalue weighted by Gasteiger charge is 2.73. The highest BCUT2D eigenvalue weighted by Crippen LogP contribution is 2.46. The molecule has 16 heteroatoms. The topological polar surface area (TPSA) is 83.5 Å². The Morgan fingerprint density at radius 1 is 1.03 bits per heavy atom. The van der Waals surface area contributed by atoms with Gasteiger partial charge in [-0.1, -0.05) is 6.92 Å². The Labute approximate surface area is 173 Å². The summed E-state index contributed by atoms with van der Waals surface area (Å²) in [4.78, 5) is 4.34. The van der Waals surface area contributed by atoms with E-state index in [1.165, 1.54) is 29.1 Å². The number of aromatic nitrogens is 7. The van der Waals surface area contributed by atoms with Gasteiger partial charge in [0.1, 0.15) is 12.7 Å². The maximum atomic E-state index is 13.4. The normalized spacial score (nSPS) is 12.9. The SMILES string of the molecule is CCSc1cc(-n2cncn2)nnc1-n1cc(OCC(F)(F)C(F)(F)C(F)(F)F)cn1. The van der Waals surface area contributed by atoms with Crippen molar-refractivity contribution in [2.24, 2.45) is 0 Å². The number of ether oxygens (including phenoxy) is 1. The molecule has 0 aliphatic rings. The van der Waals surface area contributed by atoms with Crippen molar-refractivity contribution in [3.63, 3.8) is 0 Å². The zero-order chi connectivity index (χ0) is 22.9. The molecule has 0 aromatic carbocycles. The van der Waals surface area contributed by atoms with Gasteiger partial charge < -0.3 is 4.74 Å². The molecule has 0 amide bonds. The summed E-state index contributed by atoms with van der Waals surface area (Å²) in [6.45, 7) is -0.358. The van der Waals surface area contributed by atoms with Gasteiger partial charge in [-0.2, -0.15) is 40.9 Å². The first-order chi connectivity index (χ1) is 14.5. The molecule has 31 heavy (non-hydrogen) atoms. The van der Waals surface area contributed by atoms with Crippen molar-refractivity contribution >= 4 is 11.8 Å². The van der Waals surface area contributed by atoms with Gasteiger partial charge in [0.2, 0.25) is 0 Å². The molecule has 0 unspecified atom stereocenters. The average Bonchev–Trinajstić information content (AvgIpc) is 3.38. The molecule has 3 heterocycles. The summed E-state index contributed by atoms with van der Waals surface area (Å²) in [5.41, 5.74) is 0. The lowest BCUT2D eigenvalue weighted by atomic mass is 10.2. The molecule has 0 aliphatic carbocycles. The van der Waals surface area contributed by atoms with Crippen LogP contribution in [0.2, 0.25) is 0 Å². The van der Waals surface area contributed by atoms with Crippen LogP contribution in [0.5, 0.6) is 5.75 Å². The first-order valence-corrected chi connectivity index (χ1v) is 9.30. The molecule has 0 radical (unpaired) electrons. The van der Waals surface area contributed by atoms with Gasteiger partial charge >= 0.3 is 18.0 Å². The summed E-state index contributed by atoms with van der Waals surface area (Å²) in [6, 6.07) is 1.60. The highest BCUT2D eigenvalue weighted by molar-refractivity contribution is 7.99. The summed E-state index contributed by atoms with van der Waals surface area (Å²) in [5, 5.41) is 15.7. The summed E-state index contributed by atoms with van der Waals surface area (Å²) in [7, 11) is 0. The molecule has 0 fully saturated rings. The van der Waals surface area contributed by atoms with Crippen LogP contribution in [0.3, 0.4) is 0 Å². The largest absolute Gasteiger partial charge is 0.484 e. The molecule has 0 saturated heterocycles. The second-order valence-corrected chi connectivity index (χ2v) is 7.16. The second-order valence-electron chi connectivity index (χ2n) is 5.85. The van der Waals surface area contributed by atoms with Crippen LogP contribution in [0.15, 0.2) is 36.0 Å². The lowest BCUT2D eigenvalue weighted by Gasteiger charge is -2.27. The first kappa shape index (κ1) is 22.8. The molecule has 0 aliphatic heterocycles. The van der Waals surface area contributed by atoms with Gasteiger partial charge in [0, 0.05) is 6.07 Å². The van der Waals surface area contributed by atoms with Crippen molar-refractivity contribution in [1.29, 1.82) is 0 Å². The minimum atomic E-state index is -6.43. The Hall–Kier alpha value is -2.91. The van der Waals surface area contributed by atoms with E-state index in [1.807, 2.05) is 6.92 Å². The molecule has 8 nitrogen and oxygen atoms in total. The smallest absolute Gasteiger partial charge is 0.460 e. The predicted molar refractivity (Wildman–Crippen MR) is 91.9 cm³/mol. The monoisotopic (exact) mass is 471 g/mol. The minimum absolute atomic E-state index is 0.151. The van der Waals surface area contributed by atoms with E-state index in [2.05, 4.69) is 30.1 Å². The van der Waals surface area contributed by atoms with Gasteiger partial charge in [-0.05, 0) is 5.75 Å². The number of thioether (sulfide) groups is 1. The minimum Gasteiger partial charge on any atom is -0.484 e. The summed E-state index contributed by atoms with van der Waals surface area (Å²) in [5.74, 6) is -11.1. The van der Waals surface area contributed by atoms with Crippen molar-refractivity contribution < 1.29 is 35.5 Å². The predicted octanol–water partition coefficient (Wildman–Crippen LogP) is 3.57. The van der Waals surface area contributed by atoms with Crippen LogP contribution in [-0.2, 0) is 0 Å². The van der Waals surface area contributed by atoms with Gasteiger partial charge in [-0.3, -0.25) is 0 Å². The zero-order valence-electron chi connectivity index (χ0n) is 15.4. The number of alkyl halides is 7. The number of hydrogen-bond donors (Lipinski definition) is 0. The van der Waals surface area contributed by atoms with E-state index in [1.54, 1.807) is 6.07 Å². The molecule has 0 saturated carbocycles. The lowest BCUT2D eigenvalue weighted by Crippen LogP contribution is -2.54. The Morgan fingerprint density at radius 3 is 2.39 bits per heavy atom. The van der Waals surface area contributed by atoms with E-state index in [4.69, 9.17) is 0 Å². The van der Waals surface area contributed by atoms with E-state index in [0.29, 0.717) is 16.5 Å². The molecule has 0 atom stereocenters. The molecule has 0 bridgehead atoms. The van der Waals surface area contributed by atoms with Gasteiger partial charge in [0.25, 0.3) is 0 Å². The van der Waals surface area contributed by atoms with E-state index in [9.17, 15) is 30.7 Å². The Morgan fingerprint density at radius 2 is 1.77 bits per heavy atom. The maximum absolute atomic E-state index is 13.4. The molecular weight excluding hydrogens is 459 g/mol. The first-order valence-electron chi connectivity index (χ1n) is 8.32. The Balaban J connectivity index is 1.80. The molecule has 3 aromatic heterocycles. The van der Waals surface area contributed by atoms with E-state index < -0.39 is 30.4 Å². The van der Waals surface area contributed by atoms with Crippen molar-refractivity contribution in [3.05, 3.63) is 31.1 Å². The fraction of sp³-hybridized carbons (Fsp3) is 0.400. The summed E-state index contributed by atoms with van der Waals surface area (Å²) in [6.07, 6.45) is -1.88. The van der Waals surface area contributed by atoms with Crippen molar-refractivity contribution in [1.82, 2.24) is 34.7 Å². The molecular formula is C15H12F7N7OS. The van der Waals surface area contributed by atoms with E-state index >= 15 is 0 Å². The number of halogens is 7. The standard InChI is InChI=1S/C15H12F7N7OS/c1-2-31-10-3-11(29-8-23-7-25-29)26-27-12(10)28-5-9(4-24-28)30-6-13(16,17)14(18,19)15(20,21)22/h3-5,7-8H,2,6H2,1H3. The van der Waals surface area contributed by atoms with Crippen molar-refractivity contribution in [2.45, 2.75) is 29.8 Å². The molecule has 3 aromatic rings. The third-order valence-corrected chi connectivity index (χ3v) is 4.59. The summed E-state index contributed by atoms with van der Waals surface area (Å²) < 4.78 is 96.2. The number of hydrogen-bond acceptors (Lipinski definition) is 7. The maximum Gasteiger partial charge on any atom is 0.460 e. The Bertz CT molecular complexity index is 1020. The van der Waals surface area contributed by atoms with Crippen LogP contribution in [0, 0.1) is 0 Å². The highest BCUT2D eigenvalue weighted by atomic mass is 32.2. The third kappa shape index (κ3) is 4.57. The van der Waals surface area contributed by atoms with Crippen molar-refractivity contribution in [3.8, 4) is 17.4 Å². The van der Waals surface area contributed by atoms with Gasteiger partial charge in [0.05, 0.1) is 17.3 Å². The van der Waals surface area contributed by atoms with Crippen LogP contribution >= 0.6 is 11.8 Å².